The SMILES string of the molecule is N#CC1CN(C(=O)CC(F)(F)F)CCO1. The van der Waals surface area contributed by atoms with E-state index in [4.69, 9.17) is 10.00 Å². The van der Waals surface area contributed by atoms with E-state index in [2.05, 4.69) is 0 Å². The molecular weight excluding hydrogens is 213 g/mol. The summed E-state index contributed by atoms with van der Waals surface area (Å²) in [7, 11) is 0. The van der Waals surface area contributed by atoms with Gasteiger partial charge in [0.1, 0.15) is 6.42 Å². The zero-order valence-corrected chi connectivity index (χ0v) is 7.75. The second kappa shape index (κ2) is 4.49. The first-order valence-electron chi connectivity index (χ1n) is 4.28. The van der Waals surface area contributed by atoms with Crippen LogP contribution < -0.4 is 0 Å². The topological polar surface area (TPSA) is 53.3 Å². The van der Waals surface area contributed by atoms with Crippen LogP contribution in [-0.2, 0) is 9.53 Å². The third kappa shape index (κ3) is 3.75. The Kier molecular flexibility index (Phi) is 3.52. The highest BCUT2D eigenvalue weighted by molar-refractivity contribution is 5.77. The highest BCUT2D eigenvalue weighted by Gasteiger charge is 2.35. The molecule has 1 amide bonds. The first-order chi connectivity index (χ1) is 6.92. The molecule has 1 aliphatic rings. The largest absolute Gasteiger partial charge is 0.397 e. The maximum atomic E-state index is 11.9. The van der Waals surface area contributed by atoms with Crippen LogP contribution in [0.2, 0.25) is 0 Å². The summed E-state index contributed by atoms with van der Waals surface area (Å²) in [5.74, 6) is -1.01. The maximum Gasteiger partial charge on any atom is 0.397 e. The lowest BCUT2D eigenvalue weighted by Gasteiger charge is -2.30. The molecule has 0 radical (unpaired) electrons. The van der Waals surface area contributed by atoms with Gasteiger partial charge >= 0.3 is 6.18 Å². The third-order valence-electron chi connectivity index (χ3n) is 1.91. The molecular formula is C8H9F3N2O2. The molecule has 0 saturated carbocycles. The van der Waals surface area contributed by atoms with Gasteiger partial charge in [-0.05, 0) is 0 Å². The summed E-state index contributed by atoms with van der Waals surface area (Å²) >= 11 is 0. The van der Waals surface area contributed by atoms with Crippen molar-refractivity contribution in [2.24, 2.45) is 0 Å². The summed E-state index contributed by atoms with van der Waals surface area (Å²) in [4.78, 5) is 12.1. The highest BCUT2D eigenvalue weighted by Crippen LogP contribution is 2.21. The predicted octanol–water partition coefficient (Wildman–Crippen LogP) is 0.690. The quantitative estimate of drug-likeness (QED) is 0.655. The number of hydrogen-bond donors (Lipinski definition) is 0. The molecule has 4 nitrogen and oxygen atoms in total. The minimum absolute atomic E-state index is 0.0919. The lowest BCUT2D eigenvalue weighted by molar-refractivity contribution is -0.165. The second-order valence-corrected chi connectivity index (χ2v) is 3.12. The van der Waals surface area contributed by atoms with Gasteiger partial charge in [-0.1, -0.05) is 0 Å². The second-order valence-electron chi connectivity index (χ2n) is 3.12. The van der Waals surface area contributed by atoms with E-state index in [0.717, 1.165) is 4.90 Å². The van der Waals surface area contributed by atoms with E-state index in [1.54, 1.807) is 6.07 Å². The van der Waals surface area contributed by atoms with Crippen molar-refractivity contribution >= 4 is 5.91 Å². The number of carbonyl (C=O) groups is 1. The third-order valence-corrected chi connectivity index (χ3v) is 1.91. The number of hydrogen-bond acceptors (Lipinski definition) is 3. The summed E-state index contributed by atoms with van der Waals surface area (Å²) in [6.07, 6.45) is -6.81. The molecule has 0 aliphatic carbocycles. The Bertz CT molecular complexity index is 285. The molecule has 0 aromatic heterocycles. The lowest BCUT2D eigenvalue weighted by Crippen LogP contribution is -2.46. The predicted molar refractivity (Wildman–Crippen MR) is 42.6 cm³/mol. The summed E-state index contributed by atoms with van der Waals surface area (Å²) in [5, 5.41) is 8.49. The summed E-state index contributed by atoms with van der Waals surface area (Å²) in [6.45, 7) is 0.111. The summed E-state index contributed by atoms with van der Waals surface area (Å²) < 4.78 is 40.6. The average molecular weight is 222 g/mol. The molecule has 7 heteroatoms. The zero-order chi connectivity index (χ0) is 11.5. The van der Waals surface area contributed by atoms with E-state index in [1.807, 2.05) is 0 Å². The Labute approximate surface area is 84.2 Å². The standard InChI is InChI=1S/C8H9F3N2O2/c9-8(10,11)3-7(14)13-1-2-15-6(4-12)5-13/h6H,1-3,5H2. The molecule has 0 N–H and O–H groups in total. The normalized spacial score (nSPS) is 22.3. The number of nitrogens with zero attached hydrogens (tertiary/aromatic N) is 2. The molecule has 0 bridgehead atoms. The molecule has 15 heavy (non-hydrogen) atoms. The van der Waals surface area contributed by atoms with E-state index < -0.39 is 24.6 Å². The molecule has 0 spiro atoms. The Morgan fingerprint density at radius 3 is 2.80 bits per heavy atom. The fourth-order valence-electron chi connectivity index (χ4n) is 1.24. The van der Waals surface area contributed by atoms with Crippen molar-refractivity contribution < 1.29 is 22.7 Å². The van der Waals surface area contributed by atoms with Gasteiger partial charge in [-0.3, -0.25) is 4.79 Å². The van der Waals surface area contributed by atoms with Crippen molar-refractivity contribution in [1.82, 2.24) is 4.90 Å². The Hall–Kier alpha value is -1.29. The van der Waals surface area contributed by atoms with E-state index >= 15 is 0 Å². The van der Waals surface area contributed by atoms with Crippen LogP contribution in [0.25, 0.3) is 0 Å². The highest BCUT2D eigenvalue weighted by atomic mass is 19.4. The van der Waals surface area contributed by atoms with Crippen molar-refractivity contribution in [2.45, 2.75) is 18.7 Å². The van der Waals surface area contributed by atoms with Gasteiger partial charge in [-0.2, -0.15) is 18.4 Å². The van der Waals surface area contributed by atoms with Crippen LogP contribution >= 0.6 is 0 Å². The maximum absolute atomic E-state index is 11.9. The van der Waals surface area contributed by atoms with Crippen molar-refractivity contribution in [1.29, 1.82) is 5.26 Å². The van der Waals surface area contributed by atoms with Crippen LogP contribution in [0, 0.1) is 11.3 Å². The molecule has 1 rings (SSSR count). The molecule has 1 heterocycles. The van der Waals surface area contributed by atoms with Gasteiger partial charge in [-0.15, -0.1) is 0 Å². The number of morpholine rings is 1. The smallest absolute Gasteiger partial charge is 0.360 e. The number of rotatable bonds is 1. The van der Waals surface area contributed by atoms with Crippen LogP contribution in [0.3, 0.4) is 0 Å². The van der Waals surface area contributed by atoms with Crippen molar-refractivity contribution in [2.75, 3.05) is 19.7 Å². The van der Waals surface area contributed by atoms with Gasteiger partial charge in [0.05, 0.1) is 19.2 Å². The molecule has 0 aromatic carbocycles. The average Bonchev–Trinajstić information content (AvgIpc) is 2.15. The van der Waals surface area contributed by atoms with Gasteiger partial charge < -0.3 is 9.64 Å². The zero-order valence-electron chi connectivity index (χ0n) is 7.75. The van der Waals surface area contributed by atoms with E-state index in [1.165, 1.54) is 0 Å². The molecule has 1 unspecified atom stereocenters. The van der Waals surface area contributed by atoms with E-state index in [-0.39, 0.29) is 19.7 Å². The Morgan fingerprint density at radius 2 is 2.27 bits per heavy atom. The van der Waals surface area contributed by atoms with Crippen molar-refractivity contribution in [3.8, 4) is 6.07 Å². The van der Waals surface area contributed by atoms with Crippen molar-refractivity contribution in [3.63, 3.8) is 0 Å². The lowest BCUT2D eigenvalue weighted by atomic mass is 10.2. The first-order valence-corrected chi connectivity index (χ1v) is 4.28. The minimum Gasteiger partial charge on any atom is -0.360 e. The van der Waals surface area contributed by atoms with Crippen LogP contribution in [-0.4, -0.2) is 42.8 Å². The van der Waals surface area contributed by atoms with Crippen LogP contribution in [0.4, 0.5) is 13.2 Å². The van der Waals surface area contributed by atoms with Crippen LogP contribution in [0.5, 0.6) is 0 Å². The number of halogens is 3. The fraction of sp³-hybridized carbons (Fsp3) is 0.750. The van der Waals surface area contributed by atoms with Crippen molar-refractivity contribution in [3.05, 3.63) is 0 Å². The number of carbonyl (C=O) groups excluding carboxylic acids is 1. The molecule has 1 fully saturated rings. The molecule has 0 aromatic rings. The van der Waals surface area contributed by atoms with E-state index in [0.29, 0.717) is 0 Å². The molecule has 1 atom stereocenters. The first kappa shape index (κ1) is 11.8. The fourth-order valence-corrected chi connectivity index (χ4v) is 1.24. The van der Waals surface area contributed by atoms with Crippen LogP contribution in [0.1, 0.15) is 6.42 Å². The minimum atomic E-state index is -4.50. The number of ether oxygens (including phenoxy) is 1. The Morgan fingerprint density at radius 1 is 1.60 bits per heavy atom. The number of nitriles is 1. The summed E-state index contributed by atoms with van der Waals surface area (Å²) in [5.41, 5.74) is 0. The Balaban J connectivity index is 2.50. The van der Waals surface area contributed by atoms with Gasteiger partial charge in [0.2, 0.25) is 5.91 Å². The molecule has 1 aliphatic heterocycles. The van der Waals surface area contributed by atoms with Gasteiger partial charge in [0.15, 0.2) is 6.10 Å². The van der Waals surface area contributed by atoms with E-state index in [9.17, 15) is 18.0 Å². The monoisotopic (exact) mass is 222 g/mol. The van der Waals surface area contributed by atoms with Gasteiger partial charge in [0.25, 0.3) is 0 Å². The number of amides is 1. The summed E-state index contributed by atoms with van der Waals surface area (Å²) in [6, 6.07) is 1.75. The molecule has 1 saturated heterocycles. The van der Waals surface area contributed by atoms with Crippen LogP contribution in [0.15, 0.2) is 0 Å². The van der Waals surface area contributed by atoms with Gasteiger partial charge in [-0.25, -0.2) is 0 Å². The molecule has 84 valence electrons. The number of alkyl halides is 3. The van der Waals surface area contributed by atoms with Gasteiger partial charge in [0, 0.05) is 6.54 Å².